The van der Waals surface area contributed by atoms with Crippen LogP contribution in [0.15, 0.2) is 10.5 Å². The van der Waals surface area contributed by atoms with Gasteiger partial charge in [-0.3, -0.25) is 0 Å². The van der Waals surface area contributed by atoms with Crippen LogP contribution in [0.5, 0.6) is 5.06 Å². The summed E-state index contributed by atoms with van der Waals surface area (Å²) in [6, 6.07) is 2.11. The monoisotopic (exact) mass is 249 g/mol. The second kappa shape index (κ2) is 4.84. The van der Waals surface area contributed by atoms with E-state index in [4.69, 9.17) is 4.74 Å². The van der Waals surface area contributed by atoms with Gasteiger partial charge in [0, 0.05) is 4.88 Å². The van der Waals surface area contributed by atoms with E-state index in [9.17, 15) is 0 Å². The normalized spacial score (nSPS) is 10.2. The molecular weight excluding hydrogens is 238 g/mol. The minimum atomic E-state index is 0.959. The molecule has 1 rings (SSSR count). The average Bonchev–Trinajstić information content (AvgIpc) is 2.43. The maximum absolute atomic E-state index is 5.16. The molecule has 1 aromatic rings. The van der Waals surface area contributed by atoms with Crippen LogP contribution in [0.25, 0.3) is 0 Å². The quantitative estimate of drug-likeness (QED) is 0.885. The molecule has 1 N–H and O–H groups in total. The Balaban J connectivity index is 2.62. The summed E-state index contributed by atoms with van der Waals surface area (Å²) >= 11 is 5.12. The lowest BCUT2D eigenvalue weighted by Gasteiger charge is -1.94. The van der Waals surface area contributed by atoms with Gasteiger partial charge in [-0.05, 0) is 42.0 Å². The number of halogens is 1. The molecule has 0 bridgehead atoms. The number of ether oxygens (including phenoxy) is 1. The standard InChI is InChI=1S/C8H12BrNOS/c1-10-4-3-6-5-7(9)8(11-2)12-6/h5,10H,3-4H2,1-2H3. The summed E-state index contributed by atoms with van der Waals surface area (Å²) in [5.41, 5.74) is 0. The van der Waals surface area contributed by atoms with E-state index in [-0.39, 0.29) is 0 Å². The van der Waals surface area contributed by atoms with Crippen molar-refractivity contribution in [3.63, 3.8) is 0 Å². The zero-order valence-electron chi connectivity index (χ0n) is 7.19. The first-order chi connectivity index (χ1) is 5.77. The molecule has 0 unspecified atom stereocenters. The van der Waals surface area contributed by atoms with Crippen LogP contribution < -0.4 is 10.1 Å². The van der Waals surface area contributed by atoms with Crippen LogP contribution in [-0.4, -0.2) is 20.7 Å². The molecule has 0 aromatic carbocycles. The van der Waals surface area contributed by atoms with E-state index in [2.05, 4.69) is 27.3 Å². The zero-order chi connectivity index (χ0) is 8.97. The third kappa shape index (κ3) is 2.47. The molecule has 0 aliphatic carbocycles. The second-order valence-electron chi connectivity index (χ2n) is 2.41. The lowest BCUT2D eigenvalue weighted by atomic mass is 10.3. The Hall–Kier alpha value is -0.0600. The van der Waals surface area contributed by atoms with Gasteiger partial charge in [0.05, 0.1) is 11.6 Å². The van der Waals surface area contributed by atoms with Gasteiger partial charge in [-0.15, -0.1) is 11.3 Å². The maximum Gasteiger partial charge on any atom is 0.188 e. The molecule has 68 valence electrons. The molecule has 1 heterocycles. The van der Waals surface area contributed by atoms with Crippen LogP contribution >= 0.6 is 27.3 Å². The van der Waals surface area contributed by atoms with Gasteiger partial charge in [-0.1, -0.05) is 0 Å². The van der Waals surface area contributed by atoms with Crippen molar-refractivity contribution in [1.29, 1.82) is 0 Å². The fourth-order valence-electron chi connectivity index (χ4n) is 0.908. The van der Waals surface area contributed by atoms with Crippen LogP contribution in [-0.2, 0) is 6.42 Å². The van der Waals surface area contributed by atoms with E-state index in [0.717, 1.165) is 22.5 Å². The smallest absolute Gasteiger partial charge is 0.188 e. The number of likely N-dealkylation sites (N-methyl/N-ethyl adjacent to an activating group) is 1. The molecule has 0 aliphatic heterocycles. The summed E-state index contributed by atoms with van der Waals surface area (Å²) in [5.74, 6) is 0. The van der Waals surface area contributed by atoms with Gasteiger partial charge in [0.15, 0.2) is 5.06 Å². The third-order valence-corrected chi connectivity index (χ3v) is 3.52. The summed E-state index contributed by atoms with van der Waals surface area (Å²) < 4.78 is 6.21. The molecule has 4 heteroatoms. The summed E-state index contributed by atoms with van der Waals surface area (Å²) in [5, 5.41) is 4.07. The SMILES string of the molecule is CNCCc1cc(Br)c(OC)s1. The summed E-state index contributed by atoms with van der Waals surface area (Å²) in [4.78, 5) is 1.34. The summed E-state index contributed by atoms with van der Waals surface area (Å²) in [7, 11) is 3.65. The molecule has 1 aromatic heterocycles. The third-order valence-electron chi connectivity index (χ3n) is 1.51. The Morgan fingerprint density at radius 3 is 2.92 bits per heavy atom. The van der Waals surface area contributed by atoms with Crippen LogP contribution in [0.3, 0.4) is 0 Å². The van der Waals surface area contributed by atoms with E-state index >= 15 is 0 Å². The molecule has 0 saturated carbocycles. The number of thiophene rings is 1. The van der Waals surface area contributed by atoms with E-state index in [0.29, 0.717) is 0 Å². The van der Waals surface area contributed by atoms with Crippen molar-refractivity contribution in [1.82, 2.24) is 5.32 Å². The molecule has 0 saturated heterocycles. The van der Waals surface area contributed by atoms with Gasteiger partial charge in [0.1, 0.15) is 0 Å². The second-order valence-corrected chi connectivity index (χ2v) is 4.36. The predicted octanol–water partition coefficient (Wildman–Crippen LogP) is 2.28. The molecule has 0 fully saturated rings. The molecular formula is C8H12BrNOS. The highest BCUT2D eigenvalue weighted by Gasteiger charge is 2.05. The number of hydrogen-bond donors (Lipinski definition) is 1. The van der Waals surface area contributed by atoms with Crippen LogP contribution in [0, 0.1) is 0 Å². The molecule has 0 atom stereocenters. The van der Waals surface area contributed by atoms with Gasteiger partial charge < -0.3 is 10.1 Å². The first-order valence-corrected chi connectivity index (χ1v) is 5.35. The minimum absolute atomic E-state index is 0.959. The van der Waals surface area contributed by atoms with Crippen molar-refractivity contribution in [3.05, 3.63) is 15.4 Å². The van der Waals surface area contributed by atoms with Crippen molar-refractivity contribution < 1.29 is 4.74 Å². The van der Waals surface area contributed by atoms with E-state index < -0.39 is 0 Å². The number of hydrogen-bond acceptors (Lipinski definition) is 3. The van der Waals surface area contributed by atoms with E-state index in [1.165, 1.54) is 4.88 Å². The topological polar surface area (TPSA) is 21.3 Å². The highest BCUT2D eigenvalue weighted by molar-refractivity contribution is 9.10. The van der Waals surface area contributed by atoms with Gasteiger partial charge in [0.25, 0.3) is 0 Å². The molecule has 0 amide bonds. The van der Waals surface area contributed by atoms with Gasteiger partial charge in [0.2, 0.25) is 0 Å². The van der Waals surface area contributed by atoms with E-state index in [1.54, 1.807) is 18.4 Å². The number of rotatable bonds is 4. The van der Waals surface area contributed by atoms with Gasteiger partial charge in [-0.2, -0.15) is 0 Å². The maximum atomic E-state index is 5.16. The van der Waals surface area contributed by atoms with Crippen LogP contribution in [0.4, 0.5) is 0 Å². The summed E-state index contributed by atoms with van der Waals surface area (Å²) in [6.07, 6.45) is 1.06. The largest absolute Gasteiger partial charge is 0.486 e. The van der Waals surface area contributed by atoms with Crippen LogP contribution in [0.2, 0.25) is 0 Å². The molecule has 0 aliphatic rings. The number of methoxy groups -OCH3 is 1. The van der Waals surface area contributed by atoms with Gasteiger partial charge >= 0.3 is 0 Å². The Labute approximate surface area is 85.1 Å². The van der Waals surface area contributed by atoms with Crippen LogP contribution in [0.1, 0.15) is 4.88 Å². The lowest BCUT2D eigenvalue weighted by molar-refractivity contribution is 0.425. The van der Waals surface area contributed by atoms with Crippen molar-refractivity contribution in [3.8, 4) is 5.06 Å². The van der Waals surface area contributed by atoms with E-state index in [1.807, 2.05) is 7.05 Å². The highest BCUT2D eigenvalue weighted by atomic mass is 79.9. The summed E-state index contributed by atoms with van der Waals surface area (Å²) in [6.45, 7) is 1.01. The van der Waals surface area contributed by atoms with Crippen molar-refractivity contribution in [2.75, 3.05) is 20.7 Å². The van der Waals surface area contributed by atoms with Gasteiger partial charge in [-0.25, -0.2) is 0 Å². The highest BCUT2D eigenvalue weighted by Crippen LogP contribution is 2.34. The fourth-order valence-corrected chi connectivity index (χ4v) is 2.60. The lowest BCUT2D eigenvalue weighted by Crippen LogP contribution is -2.09. The van der Waals surface area contributed by atoms with Crippen molar-refractivity contribution in [2.45, 2.75) is 6.42 Å². The van der Waals surface area contributed by atoms with Crippen molar-refractivity contribution >= 4 is 27.3 Å². The minimum Gasteiger partial charge on any atom is -0.486 e. The fraction of sp³-hybridized carbons (Fsp3) is 0.500. The molecule has 0 radical (unpaired) electrons. The molecule has 2 nitrogen and oxygen atoms in total. The predicted molar refractivity (Wildman–Crippen MR) is 56.2 cm³/mol. The Bertz CT molecular complexity index is 249. The Morgan fingerprint density at radius 2 is 2.42 bits per heavy atom. The first-order valence-electron chi connectivity index (χ1n) is 3.74. The first kappa shape index (κ1) is 10.0. The average molecular weight is 250 g/mol. The zero-order valence-corrected chi connectivity index (χ0v) is 9.59. The Kier molecular flexibility index (Phi) is 4.05. The van der Waals surface area contributed by atoms with Crippen molar-refractivity contribution in [2.24, 2.45) is 0 Å². The Morgan fingerprint density at radius 1 is 1.67 bits per heavy atom. The molecule has 0 spiro atoms. The molecule has 12 heavy (non-hydrogen) atoms. The number of nitrogens with one attached hydrogen (secondary N) is 1.